The van der Waals surface area contributed by atoms with Crippen LogP contribution in [0, 0.1) is 13.8 Å². The average Bonchev–Trinajstić information content (AvgIpc) is 2.26. The number of nitrogens with zero attached hydrogens (tertiary/aromatic N) is 1. The Hall–Kier alpha value is -1.31. The molecule has 0 aromatic heterocycles. The van der Waals surface area contributed by atoms with Crippen LogP contribution in [0.4, 0.5) is 5.69 Å². The molecule has 0 aliphatic rings. The molecule has 82 valence electrons. The first-order valence-corrected chi connectivity index (χ1v) is 5.46. The lowest BCUT2D eigenvalue weighted by Crippen LogP contribution is -2.24. The number of carbonyl (C=O) groups is 1. The van der Waals surface area contributed by atoms with E-state index >= 15 is 0 Å². The predicted molar refractivity (Wildman–Crippen MR) is 64.9 cm³/mol. The Morgan fingerprint density at radius 1 is 1.20 bits per heavy atom. The van der Waals surface area contributed by atoms with Gasteiger partial charge in [-0.15, -0.1) is 0 Å². The maximum Gasteiger partial charge on any atom is 0.152 e. The number of hydrogen-bond donors (Lipinski definition) is 0. The van der Waals surface area contributed by atoms with Crippen molar-refractivity contribution < 1.29 is 4.79 Å². The fourth-order valence-electron chi connectivity index (χ4n) is 1.88. The number of rotatable bonds is 4. The molecule has 0 fully saturated rings. The molecule has 0 saturated heterocycles. The molecule has 0 heterocycles. The number of benzene rings is 1. The molecule has 1 aromatic carbocycles. The van der Waals surface area contributed by atoms with Gasteiger partial charge in [-0.1, -0.05) is 6.07 Å². The number of aryl methyl sites for hydroxylation is 1. The number of anilines is 1. The summed E-state index contributed by atoms with van der Waals surface area (Å²) in [6.07, 6.45) is 0.945. The van der Waals surface area contributed by atoms with E-state index in [-0.39, 0.29) is 0 Å². The average molecular weight is 205 g/mol. The molecule has 2 nitrogen and oxygen atoms in total. The second kappa shape index (κ2) is 4.96. The molecular formula is C13H19NO. The minimum absolute atomic E-state index is 0.793. The van der Waals surface area contributed by atoms with Crippen molar-refractivity contribution in [2.45, 2.75) is 27.7 Å². The molecule has 0 N–H and O–H groups in total. The first-order chi connectivity index (χ1) is 7.15. The van der Waals surface area contributed by atoms with Crippen LogP contribution in [0.15, 0.2) is 12.1 Å². The molecule has 0 unspecified atom stereocenters. The van der Waals surface area contributed by atoms with Crippen LogP contribution in [0.5, 0.6) is 0 Å². The molecule has 2 heteroatoms. The normalized spacial score (nSPS) is 10.1. The van der Waals surface area contributed by atoms with Crippen molar-refractivity contribution in [3.8, 4) is 0 Å². The van der Waals surface area contributed by atoms with E-state index in [9.17, 15) is 4.79 Å². The quantitative estimate of drug-likeness (QED) is 0.704. The standard InChI is InChI=1S/C13H19NO/c1-5-14(6-2)13-11(4)10(3)7-8-12(13)9-15/h7-9H,5-6H2,1-4H3. The number of aldehydes is 1. The summed E-state index contributed by atoms with van der Waals surface area (Å²) in [5.74, 6) is 0. The highest BCUT2D eigenvalue weighted by Gasteiger charge is 2.12. The van der Waals surface area contributed by atoms with Gasteiger partial charge < -0.3 is 4.90 Å². The molecule has 15 heavy (non-hydrogen) atoms. The summed E-state index contributed by atoms with van der Waals surface area (Å²) in [6, 6.07) is 3.91. The van der Waals surface area contributed by atoms with Crippen LogP contribution < -0.4 is 4.90 Å². The van der Waals surface area contributed by atoms with Gasteiger partial charge in [0.2, 0.25) is 0 Å². The second-order valence-electron chi connectivity index (χ2n) is 3.74. The smallest absolute Gasteiger partial charge is 0.152 e. The van der Waals surface area contributed by atoms with Crippen molar-refractivity contribution in [3.63, 3.8) is 0 Å². The van der Waals surface area contributed by atoms with Crippen LogP contribution in [0.2, 0.25) is 0 Å². The van der Waals surface area contributed by atoms with E-state index in [1.54, 1.807) is 0 Å². The Balaban J connectivity index is 3.34. The fourth-order valence-corrected chi connectivity index (χ4v) is 1.88. The summed E-state index contributed by atoms with van der Waals surface area (Å²) >= 11 is 0. The van der Waals surface area contributed by atoms with Gasteiger partial charge in [0.1, 0.15) is 0 Å². The largest absolute Gasteiger partial charge is 0.371 e. The van der Waals surface area contributed by atoms with Crippen molar-refractivity contribution >= 4 is 12.0 Å². The zero-order valence-electron chi connectivity index (χ0n) is 10.0. The lowest BCUT2D eigenvalue weighted by atomic mass is 10.0. The van der Waals surface area contributed by atoms with E-state index in [0.717, 1.165) is 30.6 Å². The highest BCUT2D eigenvalue weighted by molar-refractivity contribution is 5.86. The SMILES string of the molecule is CCN(CC)c1c(C=O)ccc(C)c1C. The van der Waals surface area contributed by atoms with Gasteiger partial charge in [-0.2, -0.15) is 0 Å². The Kier molecular flexibility index (Phi) is 3.89. The summed E-state index contributed by atoms with van der Waals surface area (Å²) in [5, 5.41) is 0. The third kappa shape index (κ3) is 2.20. The van der Waals surface area contributed by atoms with Crippen molar-refractivity contribution in [1.82, 2.24) is 0 Å². The van der Waals surface area contributed by atoms with Crippen LogP contribution in [0.1, 0.15) is 35.3 Å². The van der Waals surface area contributed by atoms with Crippen LogP contribution in [0.25, 0.3) is 0 Å². The van der Waals surface area contributed by atoms with E-state index in [4.69, 9.17) is 0 Å². The molecule has 1 aromatic rings. The minimum Gasteiger partial charge on any atom is -0.371 e. The van der Waals surface area contributed by atoms with Crippen molar-refractivity contribution in [2.24, 2.45) is 0 Å². The van der Waals surface area contributed by atoms with E-state index in [2.05, 4.69) is 32.6 Å². The molecule has 0 spiro atoms. The van der Waals surface area contributed by atoms with Crippen molar-refractivity contribution in [3.05, 3.63) is 28.8 Å². The zero-order valence-corrected chi connectivity index (χ0v) is 10.0. The number of hydrogen-bond acceptors (Lipinski definition) is 2. The summed E-state index contributed by atoms with van der Waals surface area (Å²) in [7, 11) is 0. The molecule has 0 aliphatic carbocycles. The van der Waals surface area contributed by atoms with Gasteiger partial charge >= 0.3 is 0 Å². The van der Waals surface area contributed by atoms with Crippen molar-refractivity contribution in [1.29, 1.82) is 0 Å². The molecular weight excluding hydrogens is 186 g/mol. The number of carbonyl (C=O) groups excluding carboxylic acids is 1. The van der Waals surface area contributed by atoms with Crippen molar-refractivity contribution in [2.75, 3.05) is 18.0 Å². The van der Waals surface area contributed by atoms with Gasteiger partial charge in [0, 0.05) is 18.7 Å². The van der Waals surface area contributed by atoms with Gasteiger partial charge in [0.15, 0.2) is 6.29 Å². The summed E-state index contributed by atoms with van der Waals surface area (Å²) in [5.41, 5.74) is 4.34. The fraction of sp³-hybridized carbons (Fsp3) is 0.462. The molecule has 0 atom stereocenters. The lowest BCUT2D eigenvalue weighted by Gasteiger charge is -2.25. The first kappa shape index (κ1) is 11.8. The molecule has 0 amide bonds. The highest BCUT2D eigenvalue weighted by Crippen LogP contribution is 2.26. The van der Waals surface area contributed by atoms with Gasteiger partial charge in [-0.25, -0.2) is 0 Å². The monoisotopic (exact) mass is 205 g/mol. The Morgan fingerprint density at radius 3 is 2.27 bits per heavy atom. The van der Waals surface area contributed by atoms with E-state index < -0.39 is 0 Å². The Labute approximate surface area is 91.9 Å². The maximum absolute atomic E-state index is 11.0. The van der Waals surface area contributed by atoms with Crippen LogP contribution in [0.3, 0.4) is 0 Å². The highest BCUT2D eigenvalue weighted by atomic mass is 16.1. The Bertz CT molecular complexity index is 354. The van der Waals surface area contributed by atoms with Crippen LogP contribution in [-0.4, -0.2) is 19.4 Å². The molecule has 1 rings (SSSR count). The molecule has 0 saturated carbocycles. The first-order valence-electron chi connectivity index (χ1n) is 5.46. The third-order valence-corrected chi connectivity index (χ3v) is 2.94. The second-order valence-corrected chi connectivity index (χ2v) is 3.74. The Morgan fingerprint density at radius 2 is 1.80 bits per heavy atom. The topological polar surface area (TPSA) is 20.3 Å². The van der Waals surface area contributed by atoms with E-state index in [0.29, 0.717) is 0 Å². The van der Waals surface area contributed by atoms with Gasteiger partial charge in [-0.05, 0) is 44.9 Å². The molecule has 0 bridgehead atoms. The van der Waals surface area contributed by atoms with E-state index in [1.807, 2.05) is 12.1 Å². The van der Waals surface area contributed by atoms with Gasteiger partial charge in [0.25, 0.3) is 0 Å². The molecule has 0 radical (unpaired) electrons. The summed E-state index contributed by atoms with van der Waals surface area (Å²) in [6.45, 7) is 10.2. The summed E-state index contributed by atoms with van der Waals surface area (Å²) < 4.78 is 0. The maximum atomic E-state index is 11.0. The minimum atomic E-state index is 0.793. The van der Waals surface area contributed by atoms with Crippen LogP contribution >= 0.6 is 0 Å². The predicted octanol–water partition coefficient (Wildman–Crippen LogP) is 2.96. The van der Waals surface area contributed by atoms with Crippen LogP contribution in [-0.2, 0) is 0 Å². The lowest BCUT2D eigenvalue weighted by molar-refractivity contribution is 0.112. The summed E-state index contributed by atoms with van der Waals surface area (Å²) in [4.78, 5) is 13.2. The molecule has 0 aliphatic heterocycles. The van der Waals surface area contributed by atoms with Gasteiger partial charge in [-0.3, -0.25) is 4.79 Å². The zero-order chi connectivity index (χ0) is 11.4. The van der Waals surface area contributed by atoms with Gasteiger partial charge in [0.05, 0.1) is 5.69 Å². The van der Waals surface area contributed by atoms with E-state index in [1.165, 1.54) is 11.1 Å². The third-order valence-electron chi connectivity index (χ3n) is 2.94.